The van der Waals surface area contributed by atoms with E-state index >= 15 is 0 Å². The highest BCUT2D eigenvalue weighted by Gasteiger charge is 2.27. The van der Waals surface area contributed by atoms with Crippen molar-refractivity contribution >= 4 is 0 Å². The van der Waals surface area contributed by atoms with Gasteiger partial charge in [0.25, 0.3) is 0 Å². The Hall–Kier alpha value is -1.98. The smallest absolute Gasteiger partial charge is 0.145 e. The number of nitrogens with zero attached hydrogens (tertiary/aromatic N) is 4. The van der Waals surface area contributed by atoms with Gasteiger partial charge in [-0.25, -0.2) is 9.97 Å². The molecule has 0 amide bonds. The summed E-state index contributed by atoms with van der Waals surface area (Å²) in [5.41, 5.74) is 3.87. The Morgan fingerprint density at radius 2 is 1.96 bits per heavy atom. The Morgan fingerprint density at radius 3 is 2.75 bits per heavy atom. The first-order valence-corrected chi connectivity index (χ1v) is 10.6. The fourth-order valence-corrected chi connectivity index (χ4v) is 4.29. The maximum atomic E-state index is 5.77. The van der Waals surface area contributed by atoms with Crippen molar-refractivity contribution < 1.29 is 4.74 Å². The van der Waals surface area contributed by atoms with E-state index < -0.39 is 0 Å². The Labute approximate surface area is 168 Å². The van der Waals surface area contributed by atoms with Crippen molar-refractivity contribution in [1.82, 2.24) is 19.8 Å². The highest BCUT2D eigenvalue weighted by atomic mass is 16.5. The first-order valence-electron chi connectivity index (χ1n) is 10.6. The number of hydrogen-bond acceptors (Lipinski definition) is 5. The molecule has 1 fully saturated rings. The molecule has 1 saturated heterocycles. The Bertz CT molecular complexity index is 790. The average molecular weight is 381 g/mol. The highest BCUT2D eigenvalue weighted by molar-refractivity contribution is 5.28. The van der Waals surface area contributed by atoms with Crippen LogP contribution < -0.4 is 4.74 Å². The van der Waals surface area contributed by atoms with Crippen molar-refractivity contribution in [2.45, 2.75) is 64.8 Å². The van der Waals surface area contributed by atoms with Crippen LogP contribution in [-0.4, -0.2) is 46.0 Å². The van der Waals surface area contributed by atoms with Gasteiger partial charge in [-0.1, -0.05) is 18.6 Å². The Kier molecular flexibility index (Phi) is 5.93. The van der Waals surface area contributed by atoms with E-state index in [4.69, 9.17) is 14.7 Å². The van der Waals surface area contributed by atoms with E-state index in [-0.39, 0.29) is 6.10 Å². The summed E-state index contributed by atoms with van der Waals surface area (Å²) < 4.78 is 5.77. The zero-order valence-electron chi connectivity index (χ0n) is 17.4. The summed E-state index contributed by atoms with van der Waals surface area (Å²) in [6.07, 6.45) is 6.96. The van der Waals surface area contributed by atoms with Crippen LogP contribution in [0.1, 0.15) is 61.8 Å². The second-order valence-electron chi connectivity index (χ2n) is 8.48. The summed E-state index contributed by atoms with van der Waals surface area (Å²) in [5.74, 6) is 1.96. The van der Waals surface area contributed by atoms with Crippen LogP contribution in [-0.2, 0) is 19.5 Å². The molecule has 0 radical (unpaired) electrons. The van der Waals surface area contributed by atoms with Crippen LogP contribution in [0.5, 0.6) is 5.75 Å². The molecular formula is C23H32N4O. The highest BCUT2D eigenvalue weighted by Crippen LogP contribution is 2.31. The molecule has 0 bridgehead atoms. The molecule has 1 aromatic heterocycles. The molecule has 1 atom stereocenters. The van der Waals surface area contributed by atoms with Gasteiger partial charge < -0.3 is 9.64 Å². The molecule has 0 aliphatic carbocycles. The quantitative estimate of drug-likeness (QED) is 0.785. The average Bonchev–Trinajstić information content (AvgIpc) is 2.69. The first-order chi connectivity index (χ1) is 13.6. The number of piperidine rings is 1. The second kappa shape index (κ2) is 8.58. The van der Waals surface area contributed by atoms with Gasteiger partial charge in [0, 0.05) is 43.5 Å². The summed E-state index contributed by atoms with van der Waals surface area (Å²) in [4.78, 5) is 14.7. The standard InChI is InChI=1S/C23H32N4O/c1-17(2)28-20-9-7-18(8-10-20)15-27-12-5-4-6-22(27)23-24-14-19-16-26(3)13-11-21(19)25-23/h7-10,14,17,22H,4-6,11-13,15-16H2,1-3H3/t22-/m0/s1. The van der Waals surface area contributed by atoms with E-state index in [9.17, 15) is 0 Å². The van der Waals surface area contributed by atoms with Crippen LogP contribution in [0.25, 0.3) is 0 Å². The third kappa shape index (κ3) is 4.53. The Balaban J connectivity index is 1.49. The lowest BCUT2D eigenvalue weighted by Gasteiger charge is -2.35. The SMILES string of the molecule is CC(C)Oc1ccc(CN2CCCC[C@H]2c2ncc3c(n2)CCN(C)C3)cc1. The van der Waals surface area contributed by atoms with Crippen molar-refractivity contribution in [1.29, 1.82) is 0 Å². The van der Waals surface area contributed by atoms with E-state index in [0.29, 0.717) is 6.04 Å². The maximum absolute atomic E-state index is 5.77. The fourth-order valence-electron chi connectivity index (χ4n) is 4.29. The van der Waals surface area contributed by atoms with Crippen LogP contribution in [0.3, 0.4) is 0 Å². The maximum Gasteiger partial charge on any atom is 0.145 e. The van der Waals surface area contributed by atoms with E-state index in [1.165, 1.54) is 29.7 Å². The number of likely N-dealkylation sites (tertiary alicyclic amines) is 1. The van der Waals surface area contributed by atoms with Crippen molar-refractivity contribution in [2.75, 3.05) is 20.1 Å². The molecular weight excluding hydrogens is 348 g/mol. The third-order valence-corrected chi connectivity index (χ3v) is 5.74. The van der Waals surface area contributed by atoms with E-state index in [1.807, 2.05) is 0 Å². The number of benzene rings is 1. The van der Waals surface area contributed by atoms with Crippen molar-refractivity contribution in [3.05, 3.63) is 53.1 Å². The minimum atomic E-state index is 0.207. The predicted molar refractivity (Wildman–Crippen MR) is 111 cm³/mol. The first kappa shape index (κ1) is 19.3. The lowest BCUT2D eigenvalue weighted by molar-refractivity contribution is 0.133. The molecule has 5 nitrogen and oxygen atoms in total. The zero-order valence-corrected chi connectivity index (χ0v) is 17.4. The molecule has 0 spiro atoms. The monoisotopic (exact) mass is 380 g/mol. The van der Waals surface area contributed by atoms with E-state index in [0.717, 1.165) is 50.6 Å². The van der Waals surface area contributed by atoms with Crippen LogP contribution in [0.15, 0.2) is 30.5 Å². The molecule has 0 N–H and O–H groups in total. The molecule has 150 valence electrons. The van der Waals surface area contributed by atoms with Gasteiger partial charge >= 0.3 is 0 Å². The van der Waals surface area contributed by atoms with Gasteiger partial charge in [-0.3, -0.25) is 4.90 Å². The van der Waals surface area contributed by atoms with Crippen LogP contribution in [0.4, 0.5) is 0 Å². The predicted octanol–water partition coefficient (Wildman–Crippen LogP) is 3.98. The molecule has 3 heterocycles. The number of hydrogen-bond donors (Lipinski definition) is 0. The van der Waals surface area contributed by atoms with E-state index in [2.05, 4.69) is 61.2 Å². The summed E-state index contributed by atoms with van der Waals surface area (Å²) in [7, 11) is 2.16. The van der Waals surface area contributed by atoms with E-state index in [1.54, 1.807) is 0 Å². The molecule has 4 rings (SSSR count). The number of rotatable bonds is 5. The number of ether oxygens (including phenoxy) is 1. The lowest BCUT2D eigenvalue weighted by Crippen LogP contribution is -2.35. The number of fused-ring (bicyclic) bond motifs is 1. The molecule has 1 aromatic carbocycles. The summed E-state index contributed by atoms with van der Waals surface area (Å²) in [5, 5.41) is 0. The minimum Gasteiger partial charge on any atom is -0.491 e. The molecule has 0 unspecified atom stereocenters. The summed E-state index contributed by atoms with van der Waals surface area (Å²) in [6.45, 7) is 8.22. The van der Waals surface area contributed by atoms with Crippen molar-refractivity contribution in [3.63, 3.8) is 0 Å². The molecule has 2 aliphatic rings. The molecule has 28 heavy (non-hydrogen) atoms. The molecule has 2 aliphatic heterocycles. The molecule has 0 saturated carbocycles. The number of aromatic nitrogens is 2. The summed E-state index contributed by atoms with van der Waals surface area (Å²) in [6, 6.07) is 8.87. The van der Waals surface area contributed by atoms with Gasteiger partial charge in [0.15, 0.2) is 0 Å². The summed E-state index contributed by atoms with van der Waals surface area (Å²) >= 11 is 0. The van der Waals surface area contributed by atoms with Crippen molar-refractivity contribution in [2.24, 2.45) is 0 Å². The van der Waals surface area contributed by atoms with Gasteiger partial charge in [-0.2, -0.15) is 0 Å². The Morgan fingerprint density at radius 1 is 1.14 bits per heavy atom. The minimum absolute atomic E-state index is 0.207. The van der Waals surface area contributed by atoms with Crippen molar-refractivity contribution in [3.8, 4) is 5.75 Å². The van der Waals surface area contributed by atoms with Crippen LogP contribution >= 0.6 is 0 Å². The largest absolute Gasteiger partial charge is 0.491 e. The van der Waals surface area contributed by atoms with Gasteiger partial charge in [0.1, 0.15) is 11.6 Å². The van der Waals surface area contributed by atoms with Gasteiger partial charge in [-0.05, 0) is 58.0 Å². The second-order valence-corrected chi connectivity index (χ2v) is 8.48. The van der Waals surface area contributed by atoms with Gasteiger partial charge in [0.05, 0.1) is 12.1 Å². The normalized spacial score (nSPS) is 20.9. The van der Waals surface area contributed by atoms with Crippen LogP contribution in [0, 0.1) is 0 Å². The lowest BCUT2D eigenvalue weighted by atomic mass is 9.99. The topological polar surface area (TPSA) is 41.5 Å². The molecule has 5 heteroatoms. The number of likely N-dealkylation sites (N-methyl/N-ethyl adjacent to an activating group) is 1. The van der Waals surface area contributed by atoms with Gasteiger partial charge in [-0.15, -0.1) is 0 Å². The zero-order chi connectivity index (χ0) is 19.5. The fraction of sp³-hybridized carbons (Fsp3) is 0.565. The van der Waals surface area contributed by atoms with Crippen LogP contribution in [0.2, 0.25) is 0 Å². The molecule has 2 aromatic rings. The van der Waals surface area contributed by atoms with Gasteiger partial charge in [0.2, 0.25) is 0 Å². The third-order valence-electron chi connectivity index (χ3n) is 5.74.